The van der Waals surface area contributed by atoms with Gasteiger partial charge in [0.05, 0.1) is 0 Å². The van der Waals surface area contributed by atoms with Crippen LogP contribution in [0, 0.1) is 6.92 Å². The van der Waals surface area contributed by atoms with Gasteiger partial charge in [0.1, 0.15) is 0 Å². The molecule has 5 heteroatoms. The zero-order valence-corrected chi connectivity index (χ0v) is 14.6. The van der Waals surface area contributed by atoms with Gasteiger partial charge in [0.15, 0.2) is 0 Å². The van der Waals surface area contributed by atoms with E-state index in [0.29, 0.717) is 23.4 Å². The number of piperazine rings is 1. The molecule has 0 unspecified atom stereocenters. The number of carbonyl (C=O) groups excluding carboxylic acids is 2. The minimum atomic E-state index is -0.177. The lowest BCUT2D eigenvalue weighted by Gasteiger charge is -2.34. The van der Waals surface area contributed by atoms with Crippen molar-refractivity contribution in [1.29, 1.82) is 0 Å². The molecule has 0 saturated carbocycles. The van der Waals surface area contributed by atoms with E-state index in [1.165, 1.54) is 0 Å². The third-order valence-electron chi connectivity index (χ3n) is 4.53. The van der Waals surface area contributed by atoms with Gasteiger partial charge in [0, 0.05) is 42.5 Å². The van der Waals surface area contributed by atoms with E-state index in [4.69, 9.17) is 0 Å². The van der Waals surface area contributed by atoms with E-state index >= 15 is 0 Å². The Morgan fingerprint density at radius 3 is 2.60 bits per heavy atom. The third-order valence-corrected chi connectivity index (χ3v) is 4.53. The second kappa shape index (κ2) is 7.49. The van der Waals surface area contributed by atoms with Crippen LogP contribution in [0.25, 0.3) is 0 Å². The average Bonchev–Trinajstić information content (AvgIpc) is 2.64. The molecule has 5 nitrogen and oxygen atoms in total. The zero-order chi connectivity index (χ0) is 17.8. The van der Waals surface area contributed by atoms with E-state index < -0.39 is 0 Å². The molecular weight excluding hydrogens is 314 g/mol. The van der Waals surface area contributed by atoms with E-state index in [2.05, 4.69) is 10.6 Å². The molecule has 1 fully saturated rings. The van der Waals surface area contributed by atoms with Crippen molar-refractivity contribution in [1.82, 2.24) is 10.2 Å². The summed E-state index contributed by atoms with van der Waals surface area (Å²) in [5.41, 5.74) is 2.79. The maximum atomic E-state index is 12.8. The van der Waals surface area contributed by atoms with Crippen molar-refractivity contribution in [2.75, 3.05) is 25.0 Å². The fourth-order valence-corrected chi connectivity index (χ4v) is 2.98. The van der Waals surface area contributed by atoms with Crippen LogP contribution in [0.3, 0.4) is 0 Å². The third kappa shape index (κ3) is 3.88. The summed E-state index contributed by atoms with van der Waals surface area (Å²) < 4.78 is 0. The topological polar surface area (TPSA) is 61.4 Å². The second-order valence-electron chi connectivity index (χ2n) is 6.40. The molecule has 0 spiro atoms. The van der Waals surface area contributed by atoms with Gasteiger partial charge in [-0.1, -0.05) is 24.3 Å². The summed E-state index contributed by atoms with van der Waals surface area (Å²) in [6.45, 7) is 6.26. The first-order chi connectivity index (χ1) is 12.1. The van der Waals surface area contributed by atoms with E-state index in [1.54, 1.807) is 18.2 Å². The lowest BCUT2D eigenvalue weighted by atomic mass is 10.1. The van der Waals surface area contributed by atoms with Gasteiger partial charge in [-0.25, -0.2) is 0 Å². The highest BCUT2D eigenvalue weighted by molar-refractivity contribution is 6.05. The number of nitrogens with zero attached hydrogens (tertiary/aromatic N) is 1. The molecule has 2 aromatic rings. The second-order valence-corrected chi connectivity index (χ2v) is 6.40. The van der Waals surface area contributed by atoms with Crippen molar-refractivity contribution in [2.24, 2.45) is 0 Å². The predicted molar refractivity (Wildman–Crippen MR) is 98.9 cm³/mol. The first kappa shape index (κ1) is 17.2. The predicted octanol–water partition coefficient (Wildman–Crippen LogP) is 2.68. The zero-order valence-electron chi connectivity index (χ0n) is 14.6. The van der Waals surface area contributed by atoms with Crippen molar-refractivity contribution < 1.29 is 9.59 Å². The number of rotatable bonds is 3. The number of carbonyl (C=O) groups is 2. The maximum Gasteiger partial charge on any atom is 0.255 e. The Balaban J connectivity index is 1.80. The molecule has 0 aliphatic carbocycles. The molecule has 1 heterocycles. The smallest absolute Gasteiger partial charge is 0.255 e. The summed E-state index contributed by atoms with van der Waals surface area (Å²) in [6, 6.07) is 14.7. The van der Waals surface area contributed by atoms with Gasteiger partial charge in [-0.3, -0.25) is 9.59 Å². The monoisotopic (exact) mass is 337 g/mol. The summed E-state index contributed by atoms with van der Waals surface area (Å²) in [5, 5.41) is 6.20. The Morgan fingerprint density at radius 2 is 1.88 bits per heavy atom. The normalized spacial score (nSPS) is 17.2. The molecule has 1 aliphatic heterocycles. The van der Waals surface area contributed by atoms with Gasteiger partial charge < -0.3 is 15.5 Å². The standard InChI is InChI=1S/C20H23N3O2/c1-14-8-9-17(20(25)23-11-10-21-13-15(23)2)12-18(14)22-19(24)16-6-4-3-5-7-16/h3-9,12,15,21H,10-11,13H2,1-2H3,(H,22,24)/t15-/m1/s1. The fraction of sp³-hybridized carbons (Fsp3) is 0.300. The number of hydrogen-bond donors (Lipinski definition) is 2. The molecule has 130 valence electrons. The molecule has 1 atom stereocenters. The van der Waals surface area contributed by atoms with E-state index in [1.807, 2.05) is 49.1 Å². The molecule has 0 aromatic heterocycles. The van der Waals surface area contributed by atoms with Gasteiger partial charge in [-0.2, -0.15) is 0 Å². The quantitative estimate of drug-likeness (QED) is 0.905. The van der Waals surface area contributed by atoms with Crippen molar-refractivity contribution >= 4 is 17.5 Å². The van der Waals surface area contributed by atoms with E-state index in [-0.39, 0.29) is 17.9 Å². The van der Waals surface area contributed by atoms with Crippen LogP contribution in [-0.2, 0) is 0 Å². The fourth-order valence-electron chi connectivity index (χ4n) is 2.98. The Kier molecular flexibility index (Phi) is 5.14. The molecule has 25 heavy (non-hydrogen) atoms. The summed E-state index contributed by atoms with van der Waals surface area (Å²) in [6.07, 6.45) is 0. The van der Waals surface area contributed by atoms with Gasteiger partial charge in [0.2, 0.25) is 0 Å². The van der Waals surface area contributed by atoms with Crippen LogP contribution in [0.5, 0.6) is 0 Å². The first-order valence-corrected chi connectivity index (χ1v) is 8.55. The van der Waals surface area contributed by atoms with Crippen LogP contribution in [-0.4, -0.2) is 42.4 Å². The molecular formula is C20H23N3O2. The Labute approximate surface area is 148 Å². The van der Waals surface area contributed by atoms with Crippen LogP contribution >= 0.6 is 0 Å². The van der Waals surface area contributed by atoms with Gasteiger partial charge >= 0.3 is 0 Å². The molecule has 1 aliphatic rings. The number of anilines is 1. The molecule has 2 aromatic carbocycles. The number of amides is 2. The largest absolute Gasteiger partial charge is 0.333 e. The highest BCUT2D eigenvalue weighted by Gasteiger charge is 2.24. The van der Waals surface area contributed by atoms with Crippen molar-refractivity contribution in [2.45, 2.75) is 19.9 Å². The van der Waals surface area contributed by atoms with Gasteiger partial charge in [-0.05, 0) is 43.7 Å². The van der Waals surface area contributed by atoms with Crippen LogP contribution in [0.15, 0.2) is 48.5 Å². The van der Waals surface area contributed by atoms with Crippen molar-refractivity contribution in [3.8, 4) is 0 Å². The van der Waals surface area contributed by atoms with Crippen LogP contribution in [0.1, 0.15) is 33.2 Å². The van der Waals surface area contributed by atoms with Crippen LogP contribution in [0.2, 0.25) is 0 Å². The number of nitrogens with one attached hydrogen (secondary N) is 2. The molecule has 1 saturated heterocycles. The molecule has 0 radical (unpaired) electrons. The average molecular weight is 337 g/mol. The lowest BCUT2D eigenvalue weighted by molar-refractivity contribution is 0.0655. The lowest BCUT2D eigenvalue weighted by Crippen LogP contribution is -2.52. The summed E-state index contributed by atoms with van der Waals surface area (Å²) in [7, 11) is 0. The minimum Gasteiger partial charge on any atom is -0.333 e. The van der Waals surface area contributed by atoms with E-state index in [0.717, 1.165) is 18.7 Å². The Morgan fingerprint density at radius 1 is 1.12 bits per heavy atom. The van der Waals surface area contributed by atoms with Crippen molar-refractivity contribution in [3.63, 3.8) is 0 Å². The number of hydrogen-bond acceptors (Lipinski definition) is 3. The van der Waals surface area contributed by atoms with Gasteiger partial charge in [0.25, 0.3) is 11.8 Å². The van der Waals surface area contributed by atoms with Gasteiger partial charge in [-0.15, -0.1) is 0 Å². The maximum absolute atomic E-state index is 12.8. The number of aryl methyl sites for hydroxylation is 1. The molecule has 0 bridgehead atoms. The van der Waals surface area contributed by atoms with Crippen molar-refractivity contribution in [3.05, 3.63) is 65.2 Å². The molecule has 3 rings (SSSR count). The summed E-state index contributed by atoms with van der Waals surface area (Å²) in [5.74, 6) is -0.173. The molecule has 2 N–H and O–H groups in total. The first-order valence-electron chi connectivity index (χ1n) is 8.55. The Bertz CT molecular complexity index is 774. The summed E-state index contributed by atoms with van der Waals surface area (Å²) >= 11 is 0. The minimum absolute atomic E-state index is 0.00390. The highest BCUT2D eigenvalue weighted by Crippen LogP contribution is 2.20. The van der Waals surface area contributed by atoms with Crippen LogP contribution < -0.4 is 10.6 Å². The number of benzene rings is 2. The SMILES string of the molecule is Cc1ccc(C(=O)N2CCNC[C@H]2C)cc1NC(=O)c1ccccc1. The highest BCUT2D eigenvalue weighted by atomic mass is 16.2. The summed E-state index contributed by atoms with van der Waals surface area (Å²) in [4.78, 5) is 27.1. The van der Waals surface area contributed by atoms with E-state index in [9.17, 15) is 9.59 Å². The van der Waals surface area contributed by atoms with Crippen LogP contribution in [0.4, 0.5) is 5.69 Å². The Hall–Kier alpha value is -2.66. The molecule has 2 amide bonds.